The molecule has 108 valence electrons. The summed E-state index contributed by atoms with van der Waals surface area (Å²) in [4.78, 5) is 22.9. The summed E-state index contributed by atoms with van der Waals surface area (Å²) in [5, 5.41) is 2.17. The van der Waals surface area contributed by atoms with Crippen LogP contribution in [0.15, 0.2) is 12.1 Å². The van der Waals surface area contributed by atoms with E-state index in [2.05, 4.69) is 5.32 Å². The minimum Gasteiger partial charge on any atom is -0.296 e. The lowest BCUT2D eigenvalue weighted by atomic mass is 9.82. The molecule has 3 nitrogen and oxygen atoms in total. The zero-order valence-corrected chi connectivity index (χ0v) is 11.7. The van der Waals surface area contributed by atoms with Crippen LogP contribution in [0.3, 0.4) is 0 Å². The summed E-state index contributed by atoms with van der Waals surface area (Å²) in [6, 6.07) is 2.20. The Balaban J connectivity index is 2.50. The largest absolute Gasteiger partial charge is 0.296 e. The van der Waals surface area contributed by atoms with Crippen LogP contribution in [0.5, 0.6) is 0 Å². The number of hydrogen-bond acceptors (Lipinski definition) is 2. The third-order valence-electron chi connectivity index (χ3n) is 3.49. The van der Waals surface area contributed by atoms with Gasteiger partial charge in [0.2, 0.25) is 11.8 Å². The van der Waals surface area contributed by atoms with E-state index in [1.807, 2.05) is 0 Å². The zero-order valence-electron chi connectivity index (χ0n) is 11.7. The molecule has 2 amide bonds. The van der Waals surface area contributed by atoms with Crippen LogP contribution in [0.2, 0.25) is 0 Å². The molecule has 1 atom stereocenters. The number of imide groups is 1. The number of nitrogens with one attached hydrogen (secondary N) is 1. The second-order valence-corrected chi connectivity index (χ2v) is 6.11. The van der Waals surface area contributed by atoms with Gasteiger partial charge in [-0.15, -0.1) is 0 Å². The summed E-state index contributed by atoms with van der Waals surface area (Å²) in [5.74, 6) is -2.89. The van der Waals surface area contributed by atoms with Crippen molar-refractivity contribution in [3.8, 4) is 0 Å². The van der Waals surface area contributed by atoms with Crippen LogP contribution in [0, 0.1) is 11.6 Å². The predicted octanol–water partition coefficient (Wildman–Crippen LogP) is 2.78. The Labute approximate surface area is 116 Å². The van der Waals surface area contributed by atoms with Gasteiger partial charge in [0.15, 0.2) is 0 Å². The molecule has 0 spiro atoms. The van der Waals surface area contributed by atoms with Gasteiger partial charge in [0, 0.05) is 12.0 Å². The van der Waals surface area contributed by atoms with Crippen molar-refractivity contribution in [1.82, 2.24) is 5.32 Å². The average Bonchev–Trinajstić information content (AvgIpc) is 2.31. The fraction of sp³-hybridized carbons (Fsp3) is 0.467. The van der Waals surface area contributed by atoms with Gasteiger partial charge in [-0.2, -0.15) is 0 Å². The van der Waals surface area contributed by atoms with Gasteiger partial charge in [0.1, 0.15) is 11.6 Å². The van der Waals surface area contributed by atoms with Crippen molar-refractivity contribution in [2.24, 2.45) is 0 Å². The minimum absolute atomic E-state index is 0.0277. The molecule has 0 bridgehead atoms. The fourth-order valence-corrected chi connectivity index (χ4v) is 2.40. The Morgan fingerprint density at radius 1 is 1.20 bits per heavy atom. The molecule has 5 heteroatoms. The van der Waals surface area contributed by atoms with Gasteiger partial charge in [-0.1, -0.05) is 20.8 Å². The van der Waals surface area contributed by atoms with Crippen LogP contribution in [0.4, 0.5) is 8.78 Å². The Kier molecular flexibility index (Phi) is 3.63. The number of carbonyl (C=O) groups excluding carboxylic acids is 2. The fourth-order valence-electron chi connectivity index (χ4n) is 2.40. The molecule has 1 heterocycles. The van der Waals surface area contributed by atoms with Crippen molar-refractivity contribution in [1.29, 1.82) is 0 Å². The summed E-state index contributed by atoms with van der Waals surface area (Å²) in [6.45, 7) is 5.33. The molecular weight excluding hydrogens is 264 g/mol. The Morgan fingerprint density at radius 2 is 1.85 bits per heavy atom. The number of hydrogen-bond donors (Lipinski definition) is 1. The van der Waals surface area contributed by atoms with E-state index >= 15 is 0 Å². The van der Waals surface area contributed by atoms with E-state index in [0.717, 1.165) is 12.1 Å². The third kappa shape index (κ3) is 2.71. The molecule has 1 aliphatic heterocycles. The van der Waals surface area contributed by atoms with E-state index in [4.69, 9.17) is 0 Å². The van der Waals surface area contributed by atoms with Gasteiger partial charge in [-0.25, -0.2) is 8.78 Å². The molecule has 1 N–H and O–H groups in total. The minimum atomic E-state index is -0.815. The molecule has 1 unspecified atom stereocenters. The SMILES string of the molecule is CC(C)(C)c1cc(F)cc(C2CCC(=O)NC2=O)c1F. The number of halogens is 2. The lowest BCUT2D eigenvalue weighted by molar-refractivity contribution is -0.134. The lowest BCUT2D eigenvalue weighted by Crippen LogP contribution is -2.40. The molecule has 1 aromatic rings. The molecule has 0 aliphatic carbocycles. The van der Waals surface area contributed by atoms with Gasteiger partial charge in [0.05, 0.1) is 5.92 Å². The maximum Gasteiger partial charge on any atom is 0.234 e. The van der Waals surface area contributed by atoms with Crippen molar-refractivity contribution in [3.05, 3.63) is 34.9 Å². The molecule has 0 saturated carbocycles. The van der Waals surface area contributed by atoms with E-state index in [1.165, 1.54) is 0 Å². The number of carbonyl (C=O) groups is 2. The van der Waals surface area contributed by atoms with E-state index in [0.29, 0.717) is 0 Å². The highest BCUT2D eigenvalue weighted by Crippen LogP contribution is 2.33. The standard InChI is InChI=1S/C15H17F2NO2/c1-15(2,3)11-7-8(16)6-10(13(11)17)9-4-5-12(19)18-14(9)20/h6-7,9H,4-5H2,1-3H3,(H,18,19,20). The Hall–Kier alpha value is -1.78. The first-order chi connectivity index (χ1) is 9.20. The summed E-state index contributed by atoms with van der Waals surface area (Å²) >= 11 is 0. The van der Waals surface area contributed by atoms with Crippen LogP contribution in [-0.2, 0) is 15.0 Å². The van der Waals surface area contributed by atoms with Gasteiger partial charge in [0.25, 0.3) is 0 Å². The lowest BCUT2D eigenvalue weighted by Gasteiger charge is -2.26. The summed E-state index contributed by atoms with van der Waals surface area (Å²) < 4.78 is 28.3. The normalized spacial score (nSPS) is 19.9. The topological polar surface area (TPSA) is 46.2 Å². The first-order valence-electron chi connectivity index (χ1n) is 6.53. The van der Waals surface area contributed by atoms with Crippen molar-refractivity contribution >= 4 is 11.8 Å². The summed E-state index contributed by atoms with van der Waals surface area (Å²) in [6.07, 6.45) is 0.339. The molecule has 0 radical (unpaired) electrons. The second kappa shape index (κ2) is 4.96. The van der Waals surface area contributed by atoms with Crippen molar-refractivity contribution in [3.63, 3.8) is 0 Å². The third-order valence-corrected chi connectivity index (χ3v) is 3.49. The number of piperidine rings is 1. The smallest absolute Gasteiger partial charge is 0.234 e. The van der Waals surface area contributed by atoms with Gasteiger partial charge >= 0.3 is 0 Å². The summed E-state index contributed by atoms with van der Waals surface area (Å²) in [7, 11) is 0. The van der Waals surface area contributed by atoms with Crippen molar-refractivity contribution in [2.75, 3.05) is 0 Å². The Bertz CT molecular complexity index is 576. The van der Waals surface area contributed by atoms with Gasteiger partial charge in [-0.05, 0) is 29.5 Å². The highest BCUT2D eigenvalue weighted by Gasteiger charge is 2.32. The van der Waals surface area contributed by atoms with Crippen LogP contribution < -0.4 is 5.32 Å². The first kappa shape index (κ1) is 14.6. The van der Waals surface area contributed by atoms with Gasteiger partial charge in [-0.3, -0.25) is 14.9 Å². The first-order valence-corrected chi connectivity index (χ1v) is 6.53. The quantitative estimate of drug-likeness (QED) is 0.805. The van der Waals surface area contributed by atoms with E-state index in [9.17, 15) is 18.4 Å². The maximum atomic E-state index is 14.6. The molecule has 0 aromatic heterocycles. The number of benzene rings is 1. The molecule has 1 aliphatic rings. The van der Waals surface area contributed by atoms with Gasteiger partial charge < -0.3 is 0 Å². The highest BCUT2D eigenvalue weighted by atomic mass is 19.1. The van der Waals surface area contributed by atoms with Crippen LogP contribution >= 0.6 is 0 Å². The zero-order chi connectivity index (χ0) is 15.1. The van der Waals surface area contributed by atoms with E-state index in [-0.39, 0.29) is 29.9 Å². The van der Waals surface area contributed by atoms with Crippen LogP contribution in [0.25, 0.3) is 0 Å². The highest BCUT2D eigenvalue weighted by molar-refractivity contribution is 6.00. The Morgan fingerprint density at radius 3 is 2.40 bits per heavy atom. The van der Waals surface area contributed by atoms with Crippen LogP contribution in [-0.4, -0.2) is 11.8 Å². The monoisotopic (exact) mass is 281 g/mol. The molecular formula is C15H17F2NO2. The van der Waals surface area contributed by atoms with E-state index in [1.54, 1.807) is 20.8 Å². The predicted molar refractivity (Wildman–Crippen MR) is 70.2 cm³/mol. The second-order valence-electron chi connectivity index (χ2n) is 6.11. The number of rotatable bonds is 1. The molecule has 1 aromatic carbocycles. The van der Waals surface area contributed by atoms with Crippen molar-refractivity contribution < 1.29 is 18.4 Å². The van der Waals surface area contributed by atoms with E-state index < -0.39 is 28.9 Å². The molecule has 2 rings (SSSR count). The number of amides is 2. The van der Waals surface area contributed by atoms with Crippen LogP contribution in [0.1, 0.15) is 50.7 Å². The average molecular weight is 281 g/mol. The molecule has 1 fully saturated rings. The maximum absolute atomic E-state index is 14.6. The van der Waals surface area contributed by atoms with Crippen molar-refractivity contribution in [2.45, 2.75) is 44.9 Å². The molecule has 1 saturated heterocycles. The summed E-state index contributed by atoms with van der Waals surface area (Å²) in [5.41, 5.74) is -0.306. The molecule has 20 heavy (non-hydrogen) atoms.